The zero-order chi connectivity index (χ0) is 12.1. The molecule has 92 valence electrons. The predicted octanol–water partition coefficient (Wildman–Crippen LogP) is 1.05. The quantitative estimate of drug-likeness (QED) is 0.732. The van der Waals surface area contributed by atoms with Crippen LogP contribution in [0.3, 0.4) is 0 Å². The van der Waals surface area contributed by atoms with Gasteiger partial charge in [-0.2, -0.15) is 0 Å². The van der Waals surface area contributed by atoms with Crippen molar-refractivity contribution in [2.75, 3.05) is 19.6 Å². The van der Waals surface area contributed by atoms with Gasteiger partial charge in [0.25, 0.3) is 0 Å². The van der Waals surface area contributed by atoms with E-state index in [1.165, 1.54) is 5.52 Å². The lowest BCUT2D eigenvalue weighted by molar-refractivity contribution is 0.635. The van der Waals surface area contributed by atoms with E-state index in [0.29, 0.717) is 0 Å². The SMILES string of the molecule is Cn1c(CCNCCCN)nc2ccccc21. The zero-order valence-electron chi connectivity index (χ0n) is 10.3. The summed E-state index contributed by atoms with van der Waals surface area (Å²) in [7, 11) is 2.07. The van der Waals surface area contributed by atoms with E-state index < -0.39 is 0 Å². The maximum atomic E-state index is 5.44. The Kier molecular flexibility index (Phi) is 4.12. The molecule has 0 fully saturated rings. The number of aryl methyl sites for hydroxylation is 1. The Bertz CT molecular complexity index is 475. The lowest BCUT2D eigenvalue weighted by atomic mass is 10.3. The highest BCUT2D eigenvalue weighted by atomic mass is 15.1. The van der Waals surface area contributed by atoms with Crippen molar-refractivity contribution in [1.29, 1.82) is 0 Å². The van der Waals surface area contributed by atoms with Crippen molar-refractivity contribution in [3.63, 3.8) is 0 Å². The molecule has 2 rings (SSSR count). The molecule has 1 aromatic carbocycles. The summed E-state index contributed by atoms with van der Waals surface area (Å²) in [6, 6.07) is 8.24. The number of fused-ring (bicyclic) bond motifs is 1. The molecule has 0 saturated heterocycles. The van der Waals surface area contributed by atoms with Gasteiger partial charge >= 0.3 is 0 Å². The van der Waals surface area contributed by atoms with Crippen LogP contribution in [0, 0.1) is 0 Å². The lowest BCUT2D eigenvalue weighted by Crippen LogP contribution is -2.21. The minimum Gasteiger partial charge on any atom is -0.331 e. The highest BCUT2D eigenvalue weighted by molar-refractivity contribution is 5.75. The fraction of sp³-hybridized carbons (Fsp3) is 0.462. The summed E-state index contributed by atoms with van der Waals surface area (Å²) in [5, 5.41) is 3.37. The first kappa shape index (κ1) is 12.1. The topological polar surface area (TPSA) is 55.9 Å². The number of hydrogen-bond donors (Lipinski definition) is 2. The molecule has 0 bridgehead atoms. The molecule has 17 heavy (non-hydrogen) atoms. The molecule has 2 aromatic rings. The monoisotopic (exact) mass is 232 g/mol. The van der Waals surface area contributed by atoms with Gasteiger partial charge in [-0.25, -0.2) is 4.98 Å². The Morgan fingerprint density at radius 2 is 2.12 bits per heavy atom. The van der Waals surface area contributed by atoms with Gasteiger partial charge in [0.1, 0.15) is 5.82 Å². The van der Waals surface area contributed by atoms with Gasteiger partial charge in [-0.3, -0.25) is 0 Å². The van der Waals surface area contributed by atoms with Gasteiger partial charge in [0.15, 0.2) is 0 Å². The predicted molar refractivity (Wildman–Crippen MR) is 71.0 cm³/mol. The molecular formula is C13H20N4. The summed E-state index contributed by atoms with van der Waals surface area (Å²) in [5.41, 5.74) is 7.71. The lowest BCUT2D eigenvalue weighted by Gasteiger charge is -2.04. The molecule has 0 aliphatic rings. The average molecular weight is 232 g/mol. The summed E-state index contributed by atoms with van der Waals surface area (Å²) in [4.78, 5) is 4.63. The fourth-order valence-electron chi connectivity index (χ4n) is 1.97. The number of nitrogens with one attached hydrogen (secondary N) is 1. The van der Waals surface area contributed by atoms with Crippen molar-refractivity contribution >= 4 is 11.0 Å². The van der Waals surface area contributed by atoms with Gasteiger partial charge in [0.05, 0.1) is 11.0 Å². The molecule has 0 aliphatic heterocycles. The molecule has 0 amide bonds. The largest absolute Gasteiger partial charge is 0.331 e. The van der Waals surface area contributed by atoms with Crippen LogP contribution in [0.15, 0.2) is 24.3 Å². The molecule has 4 nitrogen and oxygen atoms in total. The molecule has 0 unspecified atom stereocenters. The first-order valence-electron chi connectivity index (χ1n) is 6.14. The highest BCUT2D eigenvalue weighted by Crippen LogP contribution is 2.14. The highest BCUT2D eigenvalue weighted by Gasteiger charge is 2.05. The van der Waals surface area contributed by atoms with E-state index >= 15 is 0 Å². The zero-order valence-corrected chi connectivity index (χ0v) is 10.3. The molecule has 1 heterocycles. The number of nitrogens with two attached hydrogens (primary N) is 1. The van der Waals surface area contributed by atoms with Gasteiger partial charge in [-0.15, -0.1) is 0 Å². The van der Waals surface area contributed by atoms with E-state index in [9.17, 15) is 0 Å². The van der Waals surface area contributed by atoms with Crippen LogP contribution in [0.1, 0.15) is 12.2 Å². The van der Waals surface area contributed by atoms with Crippen LogP contribution in [0.5, 0.6) is 0 Å². The summed E-state index contributed by atoms with van der Waals surface area (Å²) < 4.78 is 2.17. The second kappa shape index (κ2) is 5.80. The number of aromatic nitrogens is 2. The van der Waals surface area contributed by atoms with Crippen LogP contribution in [-0.2, 0) is 13.5 Å². The van der Waals surface area contributed by atoms with Crippen LogP contribution in [0.2, 0.25) is 0 Å². The van der Waals surface area contributed by atoms with Crippen LogP contribution in [0.4, 0.5) is 0 Å². The second-order valence-electron chi connectivity index (χ2n) is 4.22. The molecule has 0 aliphatic carbocycles. The van der Waals surface area contributed by atoms with Crippen molar-refractivity contribution in [2.24, 2.45) is 12.8 Å². The smallest absolute Gasteiger partial charge is 0.110 e. The Balaban J connectivity index is 1.97. The minimum atomic E-state index is 0.749. The van der Waals surface area contributed by atoms with Gasteiger partial charge in [0, 0.05) is 20.0 Å². The Labute approximate surface area is 102 Å². The Hall–Kier alpha value is -1.39. The standard InChI is InChI=1S/C13H20N4/c1-17-12-6-3-2-5-11(12)16-13(17)7-10-15-9-4-8-14/h2-3,5-6,15H,4,7-10,14H2,1H3. The first-order chi connectivity index (χ1) is 8.33. The number of imidazole rings is 1. The third kappa shape index (κ3) is 2.84. The fourth-order valence-corrected chi connectivity index (χ4v) is 1.97. The van der Waals surface area contributed by atoms with E-state index in [1.54, 1.807) is 0 Å². The Morgan fingerprint density at radius 1 is 1.29 bits per heavy atom. The number of benzene rings is 1. The van der Waals surface area contributed by atoms with Crippen LogP contribution in [0.25, 0.3) is 11.0 Å². The van der Waals surface area contributed by atoms with E-state index in [4.69, 9.17) is 5.73 Å². The summed E-state index contributed by atoms with van der Waals surface area (Å²) in [5.74, 6) is 1.13. The summed E-state index contributed by atoms with van der Waals surface area (Å²) in [6.45, 7) is 2.69. The maximum absolute atomic E-state index is 5.44. The van der Waals surface area contributed by atoms with E-state index in [2.05, 4.69) is 34.0 Å². The van der Waals surface area contributed by atoms with Crippen molar-refractivity contribution in [3.8, 4) is 0 Å². The van der Waals surface area contributed by atoms with Crippen molar-refractivity contribution in [2.45, 2.75) is 12.8 Å². The third-order valence-electron chi connectivity index (χ3n) is 2.96. The number of para-hydroxylation sites is 2. The van der Waals surface area contributed by atoms with E-state index in [-0.39, 0.29) is 0 Å². The van der Waals surface area contributed by atoms with E-state index in [1.807, 2.05) is 12.1 Å². The van der Waals surface area contributed by atoms with E-state index in [0.717, 1.165) is 43.8 Å². The van der Waals surface area contributed by atoms with Crippen LogP contribution < -0.4 is 11.1 Å². The maximum Gasteiger partial charge on any atom is 0.110 e. The van der Waals surface area contributed by atoms with Gasteiger partial charge < -0.3 is 15.6 Å². The average Bonchev–Trinajstić information content (AvgIpc) is 2.67. The first-order valence-corrected chi connectivity index (χ1v) is 6.14. The van der Waals surface area contributed by atoms with Crippen molar-refractivity contribution in [1.82, 2.24) is 14.9 Å². The number of nitrogens with zero attached hydrogens (tertiary/aromatic N) is 2. The number of rotatable bonds is 6. The van der Waals surface area contributed by atoms with Crippen LogP contribution in [-0.4, -0.2) is 29.2 Å². The summed E-state index contributed by atoms with van der Waals surface area (Å²) >= 11 is 0. The molecule has 1 aromatic heterocycles. The minimum absolute atomic E-state index is 0.749. The summed E-state index contributed by atoms with van der Waals surface area (Å²) in [6.07, 6.45) is 1.98. The van der Waals surface area contributed by atoms with Gasteiger partial charge in [-0.05, 0) is 31.6 Å². The molecule has 3 N–H and O–H groups in total. The molecule has 4 heteroatoms. The van der Waals surface area contributed by atoms with Crippen molar-refractivity contribution < 1.29 is 0 Å². The number of hydrogen-bond acceptors (Lipinski definition) is 3. The Morgan fingerprint density at radius 3 is 2.88 bits per heavy atom. The normalized spacial score (nSPS) is 11.2. The molecule has 0 radical (unpaired) electrons. The van der Waals surface area contributed by atoms with Gasteiger partial charge in [-0.1, -0.05) is 12.1 Å². The molecule has 0 spiro atoms. The molecule has 0 atom stereocenters. The molecular weight excluding hydrogens is 212 g/mol. The van der Waals surface area contributed by atoms with Gasteiger partial charge in [0.2, 0.25) is 0 Å². The van der Waals surface area contributed by atoms with Crippen molar-refractivity contribution in [3.05, 3.63) is 30.1 Å². The van der Waals surface area contributed by atoms with Crippen LogP contribution >= 0.6 is 0 Å². The second-order valence-corrected chi connectivity index (χ2v) is 4.22. The molecule has 0 saturated carbocycles. The third-order valence-corrected chi connectivity index (χ3v) is 2.96.